The molecule has 0 aromatic rings. The lowest BCUT2D eigenvalue weighted by molar-refractivity contribution is 0.0663. The van der Waals surface area contributed by atoms with E-state index < -0.39 is 0 Å². The van der Waals surface area contributed by atoms with Gasteiger partial charge in [-0.1, -0.05) is 51.4 Å². The molecule has 108 valence electrons. The highest BCUT2D eigenvalue weighted by atomic mass is 14.5. The standard InChI is InChI=1S/C19H32/c1-2-6-15-12-19-13-17-8-4-3-7-16(17)11-18(19)10-9-14(15)5-1/h14-19H,1-13H2. The molecule has 0 radical (unpaired) electrons. The Morgan fingerprint density at radius 3 is 1.32 bits per heavy atom. The summed E-state index contributed by atoms with van der Waals surface area (Å²) in [7, 11) is 0. The Balaban J connectivity index is 1.47. The van der Waals surface area contributed by atoms with Crippen molar-refractivity contribution < 1.29 is 0 Å². The fraction of sp³-hybridized carbons (Fsp3) is 1.00. The largest absolute Gasteiger partial charge is 0.0530 e. The number of hydrogen-bond acceptors (Lipinski definition) is 0. The summed E-state index contributed by atoms with van der Waals surface area (Å²) in [6, 6.07) is 0. The van der Waals surface area contributed by atoms with Crippen LogP contribution in [0.4, 0.5) is 0 Å². The van der Waals surface area contributed by atoms with Crippen LogP contribution in [0.1, 0.15) is 83.5 Å². The number of fused-ring (bicyclic) bond motifs is 3. The van der Waals surface area contributed by atoms with Crippen molar-refractivity contribution in [2.75, 3.05) is 0 Å². The average Bonchev–Trinajstić information content (AvgIpc) is 2.63. The maximum atomic E-state index is 1.64. The molecule has 0 heteroatoms. The molecular formula is C19H32. The average molecular weight is 260 g/mol. The predicted octanol–water partition coefficient (Wildman–Crippen LogP) is 5.81. The van der Waals surface area contributed by atoms with E-state index in [1.165, 1.54) is 0 Å². The van der Waals surface area contributed by atoms with Crippen LogP contribution in [0.15, 0.2) is 0 Å². The molecule has 0 heterocycles. The monoisotopic (exact) mass is 260 g/mol. The van der Waals surface area contributed by atoms with Crippen LogP contribution in [0.2, 0.25) is 0 Å². The fourth-order valence-electron chi connectivity index (χ4n) is 6.50. The van der Waals surface area contributed by atoms with Crippen LogP contribution in [0.5, 0.6) is 0 Å². The molecule has 0 nitrogen and oxygen atoms in total. The summed E-state index contributed by atoms with van der Waals surface area (Å²) in [6.45, 7) is 0. The predicted molar refractivity (Wildman–Crippen MR) is 81.0 cm³/mol. The molecule has 4 saturated carbocycles. The maximum Gasteiger partial charge on any atom is -0.0380 e. The number of rotatable bonds is 0. The summed E-state index contributed by atoms with van der Waals surface area (Å²) in [6.07, 6.45) is 20.6. The molecule has 0 N–H and O–H groups in total. The third kappa shape index (κ3) is 2.49. The summed E-state index contributed by atoms with van der Waals surface area (Å²) in [5.74, 6) is 6.87. The summed E-state index contributed by atoms with van der Waals surface area (Å²) >= 11 is 0. The Morgan fingerprint density at radius 2 is 0.684 bits per heavy atom. The van der Waals surface area contributed by atoms with E-state index in [2.05, 4.69) is 0 Å². The zero-order valence-corrected chi connectivity index (χ0v) is 12.7. The zero-order valence-electron chi connectivity index (χ0n) is 12.7. The molecule has 6 atom stereocenters. The number of hydrogen-bond donors (Lipinski definition) is 0. The van der Waals surface area contributed by atoms with E-state index in [4.69, 9.17) is 0 Å². The lowest BCUT2D eigenvalue weighted by atomic mass is 9.61. The molecule has 4 aliphatic carbocycles. The molecular weight excluding hydrogens is 228 g/mol. The minimum absolute atomic E-state index is 1.14. The smallest absolute Gasteiger partial charge is 0.0380 e. The second kappa shape index (κ2) is 5.41. The van der Waals surface area contributed by atoms with Gasteiger partial charge >= 0.3 is 0 Å². The van der Waals surface area contributed by atoms with E-state index in [9.17, 15) is 0 Å². The molecule has 19 heavy (non-hydrogen) atoms. The second-order valence-corrected chi connectivity index (χ2v) is 8.41. The van der Waals surface area contributed by atoms with Gasteiger partial charge in [-0.3, -0.25) is 0 Å². The van der Waals surface area contributed by atoms with E-state index in [-0.39, 0.29) is 0 Å². The lowest BCUT2D eigenvalue weighted by Gasteiger charge is -2.44. The van der Waals surface area contributed by atoms with Gasteiger partial charge in [0, 0.05) is 0 Å². The van der Waals surface area contributed by atoms with Gasteiger partial charge in [-0.25, -0.2) is 0 Å². The van der Waals surface area contributed by atoms with Gasteiger partial charge in [0.05, 0.1) is 0 Å². The fourth-order valence-corrected chi connectivity index (χ4v) is 6.50. The Hall–Kier alpha value is 0. The molecule has 6 unspecified atom stereocenters. The highest BCUT2D eigenvalue weighted by molar-refractivity contribution is 4.92. The van der Waals surface area contributed by atoms with Gasteiger partial charge in [0.25, 0.3) is 0 Å². The first kappa shape index (κ1) is 12.7. The van der Waals surface area contributed by atoms with E-state index >= 15 is 0 Å². The van der Waals surface area contributed by atoms with Crippen molar-refractivity contribution in [1.82, 2.24) is 0 Å². The topological polar surface area (TPSA) is 0 Å². The van der Waals surface area contributed by atoms with Gasteiger partial charge in [-0.05, 0) is 67.6 Å². The first-order valence-corrected chi connectivity index (χ1v) is 9.40. The second-order valence-electron chi connectivity index (χ2n) is 8.41. The third-order valence-corrected chi connectivity index (χ3v) is 7.52. The van der Waals surface area contributed by atoms with Crippen LogP contribution >= 0.6 is 0 Å². The lowest BCUT2D eigenvalue weighted by Crippen LogP contribution is -2.34. The van der Waals surface area contributed by atoms with Crippen molar-refractivity contribution >= 4 is 0 Å². The van der Waals surface area contributed by atoms with Crippen molar-refractivity contribution in [3.63, 3.8) is 0 Å². The molecule has 0 aromatic carbocycles. The van der Waals surface area contributed by atoms with Crippen LogP contribution in [-0.2, 0) is 0 Å². The quantitative estimate of drug-likeness (QED) is 0.515. The highest BCUT2D eigenvalue weighted by Gasteiger charge is 2.41. The normalized spacial score (nSPS) is 50.5. The van der Waals surface area contributed by atoms with Gasteiger partial charge in [0.2, 0.25) is 0 Å². The highest BCUT2D eigenvalue weighted by Crippen LogP contribution is 2.52. The molecule has 0 bridgehead atoms. The first-order chi connectivity index (χ1) is 9.40. The Labute approximate surface area is 119 Å². The van der Waals surface area contributed by atoms with Crippen molar-refractivity contribution in [2.45, 2.75) is 83.5 Å². The first-order valence-electron chi connectivity index (χ1n) is 9.40. The minimum atomic E-state index is 1.14. The minimum Gasteiger partial charge on any atom is -0.0530 e. The van der Waals surface area contributed by atoms with Crippen molar-refractivity contribution in [3.8, 4) is 0 Å². The van der Waals surface area contributed by atoms with Gasteiger partial charge in [0.15, 0.2) is 0 Å². The third-order valence-electron chi connectivity index (χ3n) is 7.52. The van der Waals surface area contributed by atoms with E-state index in [1.54, 1.807) is 83.5 Å². The molecule has 4 fully saturated rings. The van der Waals surface area contributed by atoms with E-state index in [1.807, 2.05) is 0 Å². The van der Waals surface area contributed by atoms with E-state index in [0.29, 0.717) is 0 Å². The molecule has 4 aliphatic rings. The van der Waals surface area contributed by atoms with Crippen molar-refractivity contribution in [2.24, 2.45) is 35.5 Å². The van der Waals surface area contributed by atoms with Crippen LogP contribution in [0.3, 0.4) is 0 Å². The van der Waals surface area contributed by atoms with Crippen LogP contribution in [0.25, 0.3) is 0 Å². The summed E-state index contributed by atoms with van der Waals surface area (Å²) in [5, 5.41) is 0. The Morgan fingerprint density at radius 1 is 0.316 bits per heavy atom. The Bertz CT molecular complexity index is 305. The van der Waals surface area contributed by atoms with Crippen LogP contribution < -0.4 is 0 Å². The zero-order chi connectivity index (χ0) is 12.7. The van der Waals surface area contributed by atoms with Crippen molar-refractivity contribution in [3.05, 3.63) is 0 Å². The van der Waals surface area contributed by atoms with Crippen LogP contribution in [0, 0.1) is 35.5 Å². The summed E-state index contributed by atoms with van der Waals surface area (Å²) in [5.41, 5.74) is 0. The maximum absolute atomic E-state index is 1.64. The van der Waals surface area contributed by atoms with Crippen molar-refractivity contribution in [1.29, 1.82) is 0 Å². The van der Waals surface area contributed by atoms with Gasteiger partial charge in [-0.15, -0.1) is 0 Å². The molecule has 0 amide bonds. The molecule has 4 rings (SSSR count). The summed E-state index contributed by atoms with van der Waals surface area (Å²) < 4.78 is 0. The van der Waals surface area contributed by atoms with E-state index in [0.717, 1.165) is 35.5 Å². The molecule has 0 spiro atoms. The van der Waals surface area contributed by atoms with Gasteiger partial charge in [0.1, 0.15) is 0 Å². The summed E-state index contributed by atoms with van der Waals surface area (Å²) in [4.78, 5) is 0. The molecule has 0 saturated heterocycles. The van der Waals surface area contributed by atoms with Gasteiger partial charge in [-0.2, -0.15) is 0 Å². The van der Waals surface area contributed by atoms with Crippen LogP contribution in [-0.4, -0.2) is 0 Å². The Kier molecular flexibility index (Phi) is 3.62. The molecule has 0 aliphatic heterocycles. The van der Waals surface area contributed by atoms with Gasteiger partial charge < -0.3 is 0 Å². The molecule has 0 aromatic heterocycles. The SMILES string of the molecule is C1CCC2CC3CC4CCCCC4CC3CCC2C1.